The van der Waals surface area contributed by atoms with E-state index in [2.05, 4.69) is 66.3 Å². The molecule has 0 spiro atoms. The van der Waals surface area contributed by atoms with E-state index in [1.165, 1.54) is 5.56 Å². The fraction of sp³-hybridized carbons (Fsp3) is 0.412. The molecule has 0 aromatic heterocycles. The second-order valence-electron chi connectivity index (χ2n) is 11.8. The second kappa shape index (κ2) is 13.4. The summed E-state index contributed by atoms with van der Waals surface area (Å²) in [6.45, 7) is 7.00. The Morgan fingerprint density at radius 3 is 2.21 bits per heavy atom. The van der Waals surface area contributed by atoms with E-state index in [-0.39, 0.29) is 23.3 Å². The Labute approximate surface area is 242 Å². The molecule has 1 aliphatic rings. The summed E-state index contributed by atoms with van der Waals surface area (Å²) in [5.74, 6) is -0.0546. The predicted octanol–water partition coefficient (Wildman–Crippen LogP) is 7.38. The Morgan fingerprint density at radius 1 is 0.897 bits per heavy atom. The Bertz CT molecular complexity index is 1230. The van der Waals surface area contributed by atoms with Gasteiger partial charge in [0.05, 0.1) is 0 Å². The van der Waals surface area contributed by atoms with Crippen LogP contribution in [0.5, 0.6) is 0 Å². The molecule has 4 nitrogen and oxygen atoms in total. The van der Waals surface area contributed by atoms with Crippen molar-refractivity contribution >= 4 is 27.7 Å². The van der Waals surface area contributed by atoms with Crippen LogP contribution in [0.4, 0.5) is 0 Å². The first-order valence-electron chi connectivity index (χ1n) is 14.2. The molecule has 4 rings (SSSR count). The lowest BCUT2D eigenvalue weighted by molar-refractivity contribution is -0.141. The number of benzene rings is 3. The van der Waals surface area contributed by atoms with Gasteiger partial charge in [-0.3, -0.25) is 9.59 Å². The number of hydrogen-bond donors (Lipinski definition) is 1. The topological polar surface area (TPSA) is 49.4 Å². The quantitative estimate of drug-likeness (QED) is 0.268. The number of nitrogens with zero attached hydrogens (tertiary/aromatic N) is 1. The molecule has 3 aromatic rings. The summed E-state index contributed by atoms with van der Waals surface area (Å²) in [5, 5.41) is 3.28. The van der Waals surface area contributed by atoms with Crippen molar-refractivity contribution in [2.75, 3.05) is 0 Å². The highest BCUT2D eigenvalue weighted by atomic mass is 79.9. The number of aryl methyl sites for hydroxylation is 1. The molecule has 1 aliphatic carbocycles. The highest BCUT2D eigenvalue weighted by molar-refractivity contribution is 9.10. The number of rotatable bonds is 10. The highest BCUT2D eigenvalue weighted by Gasteiger charge is 2.32. The Morgan fingerprint density at radius 2 is 1.56 bits per heavy atom. The third kappa shape index (κ3) is 8.53. The first-order valence-corrected chi connectivity index (χ1v) is 15.0. The highest BCUT2D eigenvalue weighted by Crippen LogP contribution is 2.24. The lowest BCUT2D eigenvalue weighted by atomic mass is 9.86. The van der Waals surface area contributed by atoms with Crippen LogP contribution in [0.1, 0.15) is 75.1 Å². The second-order valence-corrected chi connectivity index (χ2v) is 12.7. The van der Waals surface area contributed by atoms with Crippen LogP contribution in [-0.2, 0) is 34.4 Å². The van der Waals surface area contributed by atoms with E-state index >= 15 is 0 Å². The minimum atomic E-state index is -0.581. The van der Waals surface area contributed by atoms with Gasteiger partial charge >= 0.3 is 0 Å². The number of amides is 2. The van der Waals surface area contributed by atoms with Gasteiger partial charge in [-0.25, -0.2) is 0 Å². The Balaban J connectivity index is 1.58. The van der Waals surface area contributed by atoms with Crippen molar-refractivity contribution in [2.24, 2.45) is 0 Å². The third-order valence-corrected chi connectivity index (χ3v) is 8.16. The van der Waals surface area contributed by atoms with Crippen LogP contribution in [0.15, 0.2) is 83.3 Å². The van der Waals surface area contributed by atoms with Gasteiger partial charge in [-0.15, -0.1) is 0 Å². The summed E-state index contributed by atoms with van der Waals surface area (Å²) < 4.78 is 0.960. The minimum absolute atomic E-state index is 0.00243. The molecule has 1 atom stereocenters. The largest absolute Gasteiger partial charge is 0.352 e. The molecule has 1 N–H and O–H groups in total. The van der Waals surface area contributed by atoms with E-state index < -0.39 is 6.04 Å². The zero-order valence-corrected chi connectivity index (χ0v) is 25.0. The van der Waals surface area contributed by atoms with Crippen molar-refractivity contribution in [2.45, 2.75) is 89.8 Å². The number of nitrogens with one attached hydrogen (secondary N) is 1. The molecular weight excluding hydrogens is 548 g/mol. The molecule has 0 aliphatic heterocycles. The zero-order chi connectivity index (χ0) is 27.8. The van der Waals surface area contributed by atoms with Crippen molar-refractivity contribution in [3.63, 3.8) is 0 Å². The fourth-order valence-corrected chi connectivity index (χ4v) is 5.77. The lowest BCUT2D eigenvalue weighted by Crippen LogP contribution is -2.52. The smallest absolute Gasteiger partial charge is 0.243 e. The molecule has 206 valence electrons. The summed E-state index contributed by atoms with van der Waals surface area (Å²) >= 11 is 3.57. The molecule has 0 bridgehead atoms. The molecule has 0 radical (unpaired) electrons. The molecule has 0 heterocycles. The standard InChI is InChI=1S/C34H41BrN2O2/c1-34(2,3)28-19-16-25(17-20-28)18-21-32(38)37(24-27-12-9-13-29(35)22-27)31(23-26-10-5-4-6-11-26)33(39)36-30-14-7-8-15-30/h4-6,9-13,16-17,19-20,22,30-31H,7-8,14-15,18,21,23-24H2,1-3H3,(H,36,39). The molecule has 0 saturated heterocycles. The number of carbonyl (C=O) groups is 2. The predicted molar refractivity (Wildman–Crippen MR) is 162 cm³/mol. The van der Waals surface area contributed by atoms with Crippen molar-refractivity contribution in [3.8, 4) is 0 Å². The monoisotopic (exact) mass is 588 g/mol. The molecule has 3 aromatic carbocycles. The molecule has 39 heavy (non-hydrogen) atoms. The summed E-state index contributed by atoms with van der Waals surface area (Å²) in [6.07, 6.45) is 5.78. The van der Waals surface area contributed by atoms with Crippen molar-refractivity contribution in [3.05, 3.63) is 106 Å². The van der Waals surface area contributed by atoms with E-state index in [1.54, 1.807) is 0 Å². The summed E-state index contributed by atoms with van der Waals surface area (Å²) in [7, 11) is 0. The van der Waals surface area contributed by atoms with Gasteiger partial charge in [0.2, 0.25) is 11.8 Å². The van der Waals surface area contributed by atoms with Gasteiger partial charge in [0.15, 0.2) is 0 Å². The van der Waals surface area contributed by atoms with Crippen LogP contribution >= 0.6 is 15.9 Å². The maximum absolute atomic E-state index is 13.9. The van der Waals surface area contributed by atoms with Crippen LogP contribution in [0.2, 0.25) is 0 Å². The van der Waals surface area contributed by atoms with Gasteiger partial charge in [-0.2, -0.15) is 0 Å². The minimum Gasteiger partial charge on any atom is -0.352 e. The normalized spacial score (nSPS) is 14.7. The summed E-state index contributed by atoms with van der Waals surface area (Å²) in [5.41, 5.74) is 4.55. The average molecular weight is 590 g/mol. The SMILES string of the molecule is CC(C)(C)c1ccc(CCC(=O)N(Cc2cccc(Br)c2)C(Cc2ccccc2)C(=O)NC2CCCC2)cc1. The van der Waals surface area contributed by atoms with Crippen LogP contribution in [0, 0.1) is 0 Å². The van der Waals surface area contributed by atoms with Gasteiger partial charge in [-0.1, -0.05) is 116 Å². The Hall–Kier alpha value is -2.92. The number of hydrogen-bond acceptors (Lipinski definition) is 2. The maximum atomic E-state index is 13.9. The molecule has 1 saturated carbocycles. The third-order valence-electron chi connectivity index (χ3n) is 7.66. The van der Waals surface area contributed by atoms with Gasteiger partial charge in [0, 0.05) is 29.9 Å². The van der Waals surface area contributed by atoms with Crippen LogP contribution in [0.25, 0.3) is 0 Å². The zero-order valence-electron chi connectivity index (χ0n) is 23.5. The van der Waals surface area contributed by atoms with Crippen molar-refractivity contribution in [1.82, 2.24) is 10.2 Å². The van der Waals surface area contributed by atoms with Gasteiger partial charge < -0.3 is 10.2 Å². The summed E-state index contributed by atoms with van der Waals surface area (Å²) in [4.78, 5) is 29.5. The number of carbonyl (C=O) groups excluding carboxylic acids is 2. The molecule has 1 fully saturated rings. The van der Waals surface area contributed by atoms with Gasteiger partial charge in [-0.05, 0) is 59.1 Å². The Kier molecular flexibility index (Phi) is 10.0. The van der Waals surface area contributed by atoms with E-state index in [9.17, 15) is 9.59 Å². The maximum Gasteiger partial charge on any atom is 0.243 e. The molecule has 5 heteroatoms. The van der Waals surface area contributed by atoms with E-state index in [0.29, 0.717) is 25.8 Å². The van der Waals surface area contributed by atoms with Crippen molar-refractivity contribution < 1.29 is 9.59 Å². The number of halogens is 1. The van der Waals surface area contributed by atoms with Gasteiger partial charge in [0.1, 0.15) is 6.04 Å². The molecular formula is C34H41BrN2O2. The fourth-order valence-electron chi connectivity index (χ4n) is 5.32. The lowest BCUT2D eigenvalue weighted by Gasteiger charge is -2.32. The average Bonchev–Trinajstić information content (AvgIpc) is 3.42. The molecule has 2 amide bonds. The first-order chi connectivity index (χ1) is 18.7. The van der Waals surface area contributed by atoms with Gasteiger partial charge in [0.25, 0.3) is 0 Å². The van der Waals surface area contributed by atoms with E-state index in [4.69, 9.17) is 0 Å². The van der Waals surface area contributed by atoms with E-state index in [1.807, 2.05) is 59.5 Å². The van der Waals surface area contributed by atoms with E-state index in [0.717, 1.165) is 46.8 Å². The van der Waals surface area contributed by atoms with Crippen LogP contribution < -0.4 is 5.32 Å². The summed E-state index contributed by atoms with van der Waals surface area (Å²) in [6, 6.07) is 26.2. The van der Waals surface area contributed by atoms with Crippen LogP contribution in [0.3, 0.4) is 0 Å². The van der Waals surface area contributed by atoms with Crippen LogP contribution in [-0.4, -0.2) is 28.8 Å². The first kappa shape index (κ1) is 29.1. The van der Waals surface area contributed by atoms with Crippen molar-refractivity contribution in [1.29, 1.82) is 0 Å². The molecule has 1 unspecified atom stereocenters.